The Hall–Kier alpha value is -7.32. The van der Waals surface area contributed by atoms with Crippen LogP contribution in [0.5, 0.6) is 5.88 Å². The fraction of sp³-hybridized carbons (Fsp3) is 0.170. The number of aromatic nitrogens is 4. The van der Waals surface area contributed by atoms with Gasteiger partial charge in [-0.3, -0.25) is 0 Å². The van der Waals surface area contributed by atoms with Crippen molar-refractivity contribution in [3.63, 3.8) is 0 Å². The van der Waals surface area contributed by atoms with E-state index < -0.39 is 11.7 Å². The number of benzene rings is 5. The summed E-state index contributed by atoms with van der Waals surface area (Å²) < 4.78 is 14.0. The molecule has 1 N–H and O–H groups in total. The Morgan fingerprint density at radius 3 is 2.08 bits per heavy atom. The minimum Gasteiger partial charge on any atom is -0.464 e. The summed E-state index contributed by atoms with van der Waals surface area (Å²) in [5, 5.41) is 7.34. The van der Waals surface area contributed by atoms with Crippen LogP contribution in [0.1, 0.15) is 66.7 Å². The van der Waals surface area contributed by atoms with Gasteiger partial charge < -0.3 is 14.8 Å². The molecule has 8 rings (SSSR count). The fourth-order valence-corrected chi connectivity index (χ4v) is 7.36. The molecule has 0 aliphatic rings. The van der Waals surface area contributed by atoms with Crippen LogP contribution in [-0.4, -0.2) is 31.3 Å². The van der Waals surface area contributed by atoms with Gasteiger partial charge in [0.05, 0.1) is 11.2 Å². The number of alkyl carbamates (subject to hydrolysis) is 1. The molecule has 0 aliphatic carbocycles. The molecule has 61 heavy (non-hydrogen) atoms. The number of hydrogen-bond acceptors (Lipinski definition) is 6. The van der Waals surface area contributed by atoms with Crippen LogP contribution in [0.15, 0.2) is 170 Å². The van der Waals surface area contributed by atoms with Gasteiger partial charge in [-0.05, 0) is 115 Å². The monoisotopic (exact) mass is 803 g/mol. The van der Waals surface area contributed by atoms with E-state index in [1.54, 1.807) is 12.5 Å². The van der Waals surface area contributed by atoms with Crippen molar-refractivity contribution in [1.29, 1.82) is 0 Å². The molecule has 3 aromatic heterocycles. The molecule has 0 saturated heterocycles. The summed E-state index contributed by atoms with van der Waals surface area (Å²) in [6.07, 6.45) is 10.9. The van der Waals surface area contributed by atoms with E-state index in [9.17, 15) is 4.79 Å². The number of nitrogens with zero attached hydrogens (tertiary/aromatic N) is 4. The molecule has 0 bridgehead atoms. The second kappa shape index (κ2) is 18.3. The largest absolute Gasteiger partial charge is 0.464 e. The molecular weight excluding hydrogens is 755 g/mol. The van der Waals surface area contributed by atoms with Crippen molar-refractivity contribution in [2.24, 2.45) is 0 Å². The van der Waals surface area contributed by atoms with Crippen LogP contribution < -0.4 is 10.1 Å². The number of pyridine rings is 1. The second-order valence-electron chi connectivity index (χ2n) is 16.1. The molecule has 0 spiro atoms. The zero-order valence-electron chi connectivity index (χ0n) is 35.0. The van der Waals surface area contributed by atoms with E-state index in [2.05, 4.69) is 130 Å². The van der Waals surface area contributed by atoms with Crippen molar-refractivity contribution in [1.82, 2.24) is 24.9 Å². The van der Waals surface area contributed by atoms with Crippen LogP contribution in [0.2, 0.25) is 0 Å². The third kappa shape index (κ3) is 10.1. The van der Waals surface area contributed by atoms with E-state index in [-0.39, 0.29) is 6.10 Å². The van der Waals surface area contributed by atoms with Crippen molar-refractivity contribution in [2.45, 2.75) is 58.8 Å². The molecule has 0 saturated carbocycles. The molecule has 0 unspecified atom stereocenters. The number of carbonyl (C=O) groups is 1. The van der Waals surface area contributed by atoms with Crippen molar-refractivity contribution in [3.8, 4) is 39.4 Å². The molecule has 304 valence electrons. The van der Waals surface area contributed by atoms with Gasteiger partial charge in [-0.25, -0.2) is 19.3 Å². The molecule has 5 aromatic carbocycles. The number of hydrogen-bond donors (Lipinski definition) is 1. The van der Waals surface area contributed by atoms with E-state index >= 15 is 0 Å². The first-order valence-corrected chi connectivity index (χ1v) is 20.6. The summed E-state index contributed by atoms with van der Waals surface area (Å²) in [4.78, 5) is 21.5. The molecule has 0 radical (unpaired) electrons. The Labute approximate surface area is 357 Å². The molecule has 0 fully saturated rings. The number of allylic oxidation sites excluding steroid dienone is 1. The first-order chi connectivity index (χ1) is 29.7. The quantitative estimate of drug-likeness (QED) is 0.125. The van der Waals surface area contributed by atoms with Crippen molar-refractivity contribution in [2.75, 3.05) is 0 Å². The van der Waals surface area contributed by atoms with Gasteiger partial charge in [-0.15, -0.1) is 0 Å². The van der Waals surface area contributed by atoms with E-state index in [0.29, 0.717) is 12.4 Å². The molecule has 8 aromatic rings. The van der Waals surface area contributed by atoms with Crippen LogP contribution in [0.3, 0.4) is 0 Å². The SMILES string of the molecule is Cc1cc(-c2ncnn3cc(CC/C=C/c4ccc(-c5ccc(-c6cccnc6OC(c6ccccc6)c6ccccc6)cc5)cc4)cc23)ccc1CNC(=O)OC(C)(C)C. The number of nitrogens with one attached hydrogen (secondary N) is 1. The molecule has 8 heteroatoms. The highest BCUT2D eigenvalue weighted by Crippen LogP contribution is 2.35. The minimum atomic E-state index is -0.542. The lowest BCUT2D eigenvalue weighted by Crippen LogP contribution is -2.32. The second-order valence-corrected chi connectivity index (χ2v) is 16.1. The van der Waals surface area contributed by atoms with Crippen LogP contribution in [0, 0.1) is 6.92 Å². The van der Waals surface area contributed by atoms with Crippen LogP contribution in [-0.2, 0) is 17.7 Å². The standard InChI is InChI=1S/C53H49N5O3/c1-37-32-45(29-30-46(37)34-55-52(59)61-53(2,3)4)49-48-33-39(35-58(48)57-36-56-49)15-12-11-14-38-21-23-40(24-22-38)41-25-27-42(28-26-41)47-20-13-31-54-51(47)60-50(43-16-7-5-8-17-43)44-18-9-6-10-19-44/h5-11,13-14,16-33,35-36,50H,12,15,34H2,1-4H3,(H,55,59)/b14-11+. The summed E-state index contributed by atoms with van der Waals surface area (Å²) in [6, 6.07) is 50.2. The highest BCUT2D eigenvalue weighted by Gasteiger charge is 2.20. The molecule has 1 amide bonds. The third-order valence-electron chi connectivity index (χ3n) is 10.5. The average molecular weight is 804 g/mol. The van der Waals surface area contributed by atoms with Crippen LogP contribution >= 0.6 is 0 Å². The maximum atomic E-state index is 12.2. The lowest BCUT2D eigenvalue weighted by atomic mass is 9.99. The van der Waals surface area contributed by atoms with E-state index in [0.717, 1.165) is 79.7 Å². The van der Waals surface area contributed by atoms with Gasteiger partial charge in [0, 0.05) is 30.1 Å². The number of fused-ring (bicyclic) bond motifs is 1. The predicted octanol–water partition coefficient (Wildman–Crippen LogP) is 12.3. The lowest BCUT2D eigenvalue weighted by molar-refractivity contribution is 0.0523. The first-order valence-electron chi connectivity index (χ1n) is 20.6. The molecular formula is C53H49N5O3. The summed E-state index contributed by atoms with van der Waals surface area (Å²) >= 11 is 0. The Bertz CT molecular complexity index is 2720. The normalized spacial score (nSPS) is 11.6. The van der Waals surface area contributed by atoms with E-state index in [1.165, 1.54) is 5.56 Å². The smallest absolute Gasteiger partial charge is 0.407 e. The van der Waals surface area contributed by atoms with E-state index in [4.69, 9.17) is 9.47 Å². The fourth-order valence-electron chi connectivity index (χ4n) is 7.36. The van der Waals surface area contributed by atoms with Gasteiger partial charge in [-0.2, -0.15) is 5.10 Å². The molecule has 0 aliphatic heterocycles. The lowest BCUT2D eigenvalue weighted by Gasteiger charge is -2.21. The highest BCUT2D eigenvalue weighted by molar-refractivity contribution is 5.78. The number of ether oxygens (including phenoxy) is 2. The molecule has 0 atom stereocenters. The topological polar surface area (TPSA) is 90.6 Å². The number of carbonyl (C=O) groups excluding carboxylic acids is 1. The molecule has 8 nitrogen and oxygen atoms in total. The van der Waals surface area contributed by atoms with Crippen molar-refractivity contribution in [3.05, 3.63) is 204 Å². The number of aryl methyl sites for hydroxylation is 2. The Kier molecular flexibility index (Phi) is 12.1. The highest BCUT2D eigenvalue weighted by atomic mass is 16.6. The van der Waals surface area contributed by atoms with Crippen molar-refractivity contribution >= 4 is 17.7 Å². The zero-order valence-corrected chi connectivity index (χ0v) is 35.0. The predicted molar refractivity (Wildman–Crippen MR) is 244 cm³/mol. The van der Waals surface area contributed by atoms with Gasteiger partial charge in [-0.1, -0.05) is 133 Å². The van der Waals surface area contributed by atoms with Gasteiger partial charge in [0.15, 0.2) is 6.10 Å². The maximum Gasteiger partial charge on any atom is 0.407 e. The molecule has 3 heterocycles. The Morgan fingerprint density at radius 2 is 1.41 bits per heavy atom. The van der Waals surface area contributed by atoms with Crippen molar-refractivity contribution < 1.29 is 14.3 Å². The Balaban J connectivity index is 0.886. The van der Waals surface area contributed by atoms with Gasteiger partial charge in [0.2, 0.25) is 5.88 Å². The van der Waals surface area contributed by atoms with Gasteiger partial charge in [0.1, 0.15) is 11.9 Å². The summed E-state index contributed by atoms with van der Waals surface area (Å²) in [6.45, 7) is 7.98. The average Bonchev–Trinajstić information content (AvgIpc) is 3.70. The van der Waals surface area contributed by atoms with Gasteiger partial charge >= 0.3 is 6.09 Å². The number of rotatable bonds is 13. The van der Waals surface area contributed by atoms with E-state index in [1.807, 2.05) is 86.8 Å². The maximum absolute atomic E-state index is 12.2. The summed E-state index contributed by atoms with van der Waals surface area (Å²) in [5.41, 5.74) is 13.1. The van der Waals surface area contributed by atoms with Crippen LogP contribution in [0.4, 0.5) is 4.79 Å². The summed E-state index contributed by atoms with van der Waals surface area (Å²) in [5.74, 6) is 0.595. The zero-order chi connectivity index (χ0) is 42.2. The number of amides is 1. The summed E-state index contributed by atoms with van der Waals surface area (Å²) in [7, 11) is 0. The minimum absolute atomic E-state index is 0.288. The van der Waals surface area contributed by atoms with Gasteiger partial charge in [0.25, 0.3) is 0 Å². The Morgan fingerprint density at radius 1 is 0.754 bits per heavy atom. The third-order valence-corrected chi connectivity index (χ3v) is 10.5. The van der Waals surface area contributed by atoms with Crippen LogP contribution in [0.25, 0.3) is 45.1 Å². The first kappa shape index (κ1) is 40.5.